The molecule has 22 heavy (non-hydrogen) atoms. The van der Waals surface area contributed by atoms with Gasteiger partial charge in [-0.15, -0.1) is 0 Å². The van der Waals surface area contributed by atoms with Crippen molar-refractivity contribution in [1.29, 1.82) is 0 Å². The van der Waals surface area contributed by atoms with Gasteiger partial charge in [-0.25, -0.2) is 4.39 Å². The SMILES string of the molecule is CC1COc2c(N3CCN(C)CC3)c(F)cc3c2N1C=CC3. The Morgan fingerprint density at radius 1 is 1.18 bits per heavy atom. The highest BCUT2D eigenvalue weighted by Gasteiger charge is 2.33. The van der Waals surface area contributed by atoms with Gasteiger partial charge in [0.25, 0.3) is 0 Å². The topological polar surface area (TPSA) is 19.0 Å². The van der Waals surface area contributed by atoms with Gasteiger partial charge in [0.15, 0.2) is 11.6 Å². The van der Waals surface area contributed by atoms with Gasteiger partial charge >= 0.3 is 0 Å². The van der Waals surface area contributed by atoms with Crippen molar-refractivity contribution < 1.29 is 9.13 Å². The summed E-state index contributed by atoms with van der Waals surface area (Å²) >= 11 is 0. The average Bonchev–Trinajstić information content (AvgIpc) is 2.52. The van der Waals surface area contributed by atoms with Crippen LogP contribution in [0.3, 0.4) is 0 Å². The van der Waals surface area contributed by atoms with Crippen LogP contribution in [0, 0.1) is 5.82 Å². The van der Waals surface area contributed by atoms with Crippen molar-refractivity contribution in [3.05, 3.63) is 29.7 Å². The number of nitrogens with zero attached hydrogens (tertiary/aromatic N) is 3. The standard InChI is InChI=1S/C17H22FN3O/c1-12-11-22-17-15-13(4-3-5-21(12)15)10-14(18)16(17)20-8-6-19(2)7-9-20/h3,5,10,12H,4,6-9,11H2,1-2H3. The van der Waals surface area contributed by atoms with Crippen LogP contribution in [0.4, 0.5) is 15.8 Å². The second-order valence-electron chi connectivity index (χ2n) is 6.49. The summed E-state index contributed by atoms with van der Waals surface area (Å²) in [7, 11) is 2.11. The molecule has 1 fully saturated rings. The molecule has 0 aliphatic carbocycles. The Labute approximate surface area is 130 Å². The third-order valence-corrected chi connectivity index (χ3v) is 4.89. The molecule has 0 amide bonds. The molecule has 1 aromatic rings. The van der Waals surface area contributed by atoms with Crippen LogP contribution in [0.15, 0.2) is 18.3 Å². The molecule has 118 valence electrons. The zero-order valence-corrected chi connectivity index (χ0v) is 13.2. The van der Waals surface area contributed by atoms with Crippen molar-refractivity contribution >= 4 is 11.4 Å². The first-order valence-electron chi connectivity index (χ1n) is 8.02. The number of ether oxygens (including phenoxy) is 1. The van der Waals surface area contributed by atoms with Crippen LogP contribution in [-0.4, -0.2) is 50.8 Å². The molecule has 5 heteroatoms. The summed E-state index contributed by atoms with van der Waals surface area (Å²) in [6.45, 7) is 6.33. The lowest BCUT2D eigenvalue weighted by molar-refractivity contribution is 0.271. The summed E-state index contributed by atoms with van der Waals surface area (Å²) < 4.78 is 20.8. The van der Waals surface area contributed by atoms with E-state index < -0.39 is 0 Å². The Hall–Kier alpha value is -1.75. The molecule has 0 N–H and O–H groups in total. The van der Waals surface area contributed by atoms with Crippen molar-refractivity contribution in [3.63, 3.8) is 0 Å². The zero-order valence-electron chi connectivity index (χ0n) is 13.2. The predicted molar refractivity (Wildman–Crippen MR) is 86.4 cm³/mol. The molecular formula is C17H22FN3O. The van der Waals surface area contributed by atoms with E-state index >= 15 is 0 Å². The molecule has 1 aromatic carbocycles. The number of allylic oxidation sites excluding steroid dienone is 1. The maximum Gasteiger partial charge on any atom is 0.169 e. The zero-order chi connectivity index (χ0) is 15.3. The van der Waals surface area contributed by atoms with Crippen LogP contribution in [0.5, 0.6) is 5.75 Å². The molecule has 0 saturated carbocycles. The van der Waals surface area contributed by atoms with Gasteiger partial charge in [0.2, 0.25) is 0 Å². The fourth-order valence-electron chi connectivity index (χ4n) is 3.58. The second kappa shape index (κ2) is 5.16. The van der Waals surface area contributed by atoms with Crippen LogP contribution in [0.1, 0.15) is 12.5 Å². The van der Waals surface area contributed by atoms with Crippen molar-refractivity contribution in [1.82, 2.24) is 4.90 Å². The number of likely N-dealkylation sites (N-methyl/N-ethyl adjacent to an activating group) is 1. The lowest BCUT2D eigenvalue weighted by atomic mass is 9.99. The van der Waals surface area contributed by atoms with Gasteiger partial charge in [-0.1, -0.05) is 6.08 Å². The second-order valence-corrected chi connectivity index (χ2v) is 6.49. The Balaban J connectivity index is 1.81. The number of hydrogen-bond donors (Lipinski definition) is 0. The van der Waals surface area contributed by atoms with E-state index in [-0.39, 0.29) is 11.9 Å². The first kappa shape index (κ1) is 13.9. The minimum Gasteiger partial charge on any atom is -0.487 e. The highest BCUT2D eigenvalue weighted by atomic mass is 19.1. The number of hydrogen-bond acceptors (Lipinski definition) is 4. The third-order valence-electron chi connectivity index (χ3n) is 4.89. The lowest BCUT2D eigenvalue weighted by Crippen LogP contribution is -2.46. The normalized spacial score (nSPS) is 24.2. The molecule has 0 bridgehead atoms. The molecule has 1 saturated heterocycles. The van der Waals surface area contributed by atoms with E-state index in [0.29, 0.717) is 12.3 Å². The third kappa shape index (κ3) is 2.07. The molecule has 4 nitrogen and oxygen atoms in total. The number of anilines is 2. The van der Waals surface area contributed by atoms with Gasteiger partial charge in [0.05, 0.1) is 11.7 Å². The van der Waals surface area contributed by atoms with Gasteiger partial charge in [-0.2, -0.15) is 0 Å². The lowest BCUT2D eigenvalue weighted by Gasteiger charge is -2.41. The van der Waals surface area contributed by atoms with Gasteiger partial charge in [-0.3, -0.25) is 0 Å². The van der Waals surface area contributed by atoms with Crippen LogP contribution in [0.25, 0.3) is 0 Å². The molecule has 0 aromatic heterocycles. The molecule has 4 rings (SSSR count). The smallest absolute Gasteiger partial charge is 0.169 e. The summed E-state index contributed by atoms with van der Waals surface area (Å²) in [5, 5.41) is 0. The van der Waals surface area contributed by atoms with E-state index in [1.807, 2.05) is 0 Å². The number of halogens is 1. The molecule has 0 radical (unpaired) electrons. The van der Waals surface area contributed by atoms with E-state index in [9.17, 15) is 4.39 Å². The van der Waals surface area contributed by atoms with Crippen LogP contribution in [-0.2, 0) is 6.42 Å². The maximum absolute atomic E-state index is 14.8. The summed E-state index contributed by atoms with van der Waals surface area (Å²) in [4.78, 5) is 6.64. The number of rotatable bonds is 1. The van der Waals surface area contributed by atoms with Gasteiger partial charge in [0, 0.05) is 32.4 Å². The van der Waals surface area contributed by atoms with E-state index in [0.717, 1.165) is 49.6 Å². The fraction of sp³-hybridized carbons (Fsp3) is 0.529. The molecule has 3 heterocycles. The fourth-order valence-corrected chi connectivity index (χ4v) is 3.58. The molecule has 1 unspecified atom stereocenters. The molecular weight excluding hydrogens is 281 g/mol. The first-order valence-corrected chi connectivity index (χ1v) is 8.02. The quantitative estimate of drug-likeness (QED) is 0.792. The van der Waals surface area contributed by atoms with E-state index in [1.165, 1.54) is 0 Å². The van der Waals surface area contributed by atoms with Gasteiger partial charge in [0.1, 0.15) is 12.3 Å². The van der Waals surface area contributed by atoms with E-state index in [1.54, 1.807) is 6.07 Å². The Morgan fingerprint density at radius 3 is 2.73 bits per heavy atom. The number of piperazine rings is 1. The average molecular weight is 303 g/mol. The predicted octanol–water partition coefficient (Wildman–Crippen LogP) is 2.23. The summed E-state index contributed by atoms with van der Waals surface area (Å²) in [6.07, 6.45) is 4.99. The number of benzene rings is 1. The molecule has 1 atom stereocenters. The van der Waals surface area contributed by atoms with E-state index in [2.05, 4.69) is 40.9 Å². The first-order chi connectivity index (χ1) is 10.6. The largest absolute Gasteiger partial charge is 0.487 e. The summed E-state index contributed by atoms with van der Waals surface area (Å²) in [6, 6.07) is 1.98. The van der Waals surface area contributed by atoms with Crippen LogP contribution in [0.2, 0.25) is 0 Å². The Morgan fingerprint density at radius 2 is 1.95 bits per heavy atom. The van der Waals surface area contributed by atoms with Crippen molar-refractivity contribution in [2.45, 2.75) is 19.4 Å². The van der Waals surface area contributed by atoms with Crippen molar-refractivity contribution in [3.8, 4) is 5.75 Å². The summed E-state index contributed by atoms with van der Waals surface area (Å²) in [5.41, 5.74) is 2.75. The van der Waals surface area contributed by atoms with E-state index in [4.69, 9.17) is 4.74 Å². The summed E-state index contributed by atoms with van der Waals surface area (Å²) in [5.74, 6) is 0.588. The monoisotopic (exact) mass is 303 g/mol. The molecule has 3 aliphatic rings. The van der Waals surface area contributed by atoms with Gasteiger partial charge in [-0.05, 0) is 32.0 Å². The Bertz CT molecular complexity index is 623. The Kier molecular flexibility index (Phi) is 3.26. The minimum absolute atomic E-state index is 0.150. The van der Waals surface area contributed by atoms with Crippen LogP contribution < -0.4 is 14.5 Å². The van der Waals surface area contributed by atoms with Crippen LogP contribution >= 0.6 is 0 Å². The maximum atomic E-state index is 14.8. The van der Waals surface area contributed by atoms with Gasteiger partial charge < -0.3 is 19.4 Å². The highest BCUT2D eigenvalue weighted by molar-refractivity contribution is 5.80. The molecule has 3 aliphatic heterocycles. The van der Waals surface area contributed by atoms with Crippen molar-refractivity contribution in [2.75, 3.05) is 49.6 Å². The highest BCUT2D eigenvalue weighted by Crippen LogP contribution is 2.47. The minimum atomic E-state index is -0.150. The molecule has 0 spiro atoms. The van der Waals surface area contributed by atoms with Crippen molar-refractivity contribution in [2.24, 2.45) is 0 Å².